The molecule has 1 rings (SSSR count). The Kier molecular flexibility index (Phi) is 5.87. The second kappa shape index (κ2) is 7.17. The number of aliphatic hydroxyl groups is 1. The highest BCUT2D eigenvalue weighted by atomic mass is 16.5. The van der Waals surface area contributed by atoms with Gasteiger partial charge in [0.05, 0.1) is 13.2 Å². The predicted molar refractivity (Wildman–Crippen MR) is 63.3 cm³/mol. The van der Waals surface area contributed by atoms with Gasteiger partial charge in [0.2, 0.25) is 0 Å². The quantitative estimate of drug-likeness (QED) is 0.701. The maximum absolute atomic E-state index is 12.2. The monoisotopic (exact) mass is 260 g/mol. The molecule has 1 unspecified atom stereocenters. The molecule has 0 radical (unpaired) electrons. The number of morpholine rings is 1. The number of carboxylic acid groups (broad SMARTS) is 1. The van der Waals surface area contributed by atoms with Crippen molar-refractivity contribution in [3.63, 3.8) is 0 Å². The number of nitrogens with zero attached hydrogens (tertiary/aromatic N) is 2. The Morgan fingerprint density at radius 3 is 2.78 bits per heavy atom. The highest BCUT2D eigenvalue weighted by molar-refractivity contribution is 5.83. The Morgan fingerprint density at radius 1 is 1.50 bits per heavy atom. The molecule has 1 fully saturated rings. The minimum Gasteiger partial charge on any atom is -0.480 e. The summed E-state index contributed by atoms with van der Waals surface area (Å²) in [7, 11) is 0. The van der Waals surface area contributed by atoms with E-state index in [-0.39, 0.29) is 25.8 Å². The number of carboxylic acids is 1. The van der Waals surface area contributed by atoms with E-state index in [4.69, 9.17) is 14.9 Å². The molecule has 104 valence electrons. The van der Waals surface area contributed by atoms with Crippen LogP contribution in [0.5, 0.6) is 0 Å². The number of carbonyl (C=O) groups excluding carboxylic acids is 1. The van der Waals surface area contributed by atoms with Crippen LogP contribution in [0, 0.1) is 0 Å². The Bertz CT molecular complexity index is 297. The zero-order chi connectivity index (χ0) is 13.5. The third kappa shape index (κ3) is 3.58. The number of rotatable bonds is 5. The second-order valence-electron chi connectivity index (χ2n) is 4.06. The van der Waals surface area contributed by atoms with E-state index in [1.54, 1.807) is 0 Å². The average molecular weight is 260 g/mol. The zero-order valence-corrected chi connectivity index (χ0v) is 10.5. The van der Waals surface area contributed by atoms with Crippen molar-refractivity contribution in [2.75, 3.05) is 39.5 Å². The third-order valence-electron chi connectivity index (χ3n) is 2.90. The van der Waals surface area contributed by atoms with Gasteiger partial charge in [0.15, 0.2) is 6.04 Å². The lowest BCUT2D eigenvalue weighted by atomic mass is 10.2. The molecule has 0 bridgehead atoms. The number of carbonyl (C=O) groups is 2. The van der Waals surface area contributed by atoms with Gasteiger partial charge in [-0.3, -0.25) is 0 Å². The topological polar surface area (TPSA) is 90.3 Å². The first-order valence-corrected chi connectivity index (χ1v) is 6.08. The predicted octanol–water partition coefficient (Wildman–Crippen LogP) is -0.404. The standard InChI is InChI=1S/C11H20N2O5/c1-2-12(4-3-6-14)11(17)13-5-7-18-8-9(13)10(15)16/h9,14H,2-8H2,1H3,(H,15,16). The number of aliphatic carboxylic acids is 1. The molecule has 18 heavy (non-hydrogen) atoms. The van der Waals surface area contributed by atoms with Gasteiger partial charge in [-0.05, 0) is 13.3 Å². The van der Waals surface area contributed by atoms with Gasteiger partial charge < -0.3 is 24.7 Å². The molecule has 1 atom stereocenters. The van der Waals surface area contributed by atoms with Crippen LogP contribution < -0.4 is 0 Å². The van der Waals surface area contributed by atoms with E-state index in [0.717, 1.165) is 0 Å². The van der Waals surface area contributed by atoms with Gasteiger partial charge >= 0.3 is 12.0 Å². The Hall–Kier alpha value is -1.34. The van der Waals surface area contributed by atoms with E-state index >= 15 is 0 Å². The molecular weight excluding hydrogens is 240 g/mol. The molecule has 0 saturated carbocycles. The molecule has 1 saturated heterocycles. The summed E-state index contributed by atoms with van der Waals surface area (Å²) in [6, 6.07) is -1.23. The highest BCUT2D eigenvalue weighted by Gasteiger charge is 2.34. The normalized spacial score (nSPS) is 19.7. The number of urea groups is 1. The van der Waals surface area contributed by atoms with Crippen LogP contribution in [0.3, 0.4) is 0 Å². The van der Waals surface area contributed by atoms with E-state index in [0.29, 0.717) is 26.1 Å². The summed E-state index contributed by atoms with van der Waals surface area (Å²) in [5.74, 6) is -1.05. The molecule has 0 aromatic heterocycles. The fourth-order valence-corrected chi connectivity index (χ4v) is 1.87. The maximum Gasteiger partial charge on any atom is 0.328 e. The molecule has 2 amide bonds. The van der Waals surface area contributed by atoms with Gasteiger partial charge in [-0.25, -0.2) is 9.59 Å². The smallest absolute Gasteiger partial charge is 0.328 e. The maximum atomic E-state index is 12.2. The third-order valence-corrected chi connectivity index (χ3v) is 2.90. The molecule has 1 aliphatic heterocycles. The summed E-state index contributed by atoms with van der Waals surface area (Å²) < 4.78 is 5.09. The van der Waals surface area contributed by atoms with E-state index < -0.39 is 12.0 Å². The molecule has 0 spiro atoms. The van der Waals surface area contributed by atoms with Crippen LogP contribution in [0.15, 0.2) is 0 Å². The lowest BCUT2D eigenvalue weighted by molar-refractivity contribution is -0.147. The Labute approximate surface area is 106 Å². The largest absolute Gasteiger partial charge is 0.480 e. The van der Waals surface area contributed by atoms with Crippen molar-refractivity contribution in [1.29, 1.82) is 0 Å². The van der Waals surface area contributed by atoms with Gasteiger partial charge in [0.25, 0.3) is 0 Å². The summed E-state index contributed by atoms with van der Waals surface area (Å²) in [5.41, 5.74) is 0. The molecule has 7 heteroatoms. The van der Waals surface area contributed by atoms with Crippen LogP contribution in [0.1, 0.15) is 13.3 Å². The van der Waals surface area contributed by atoms with Crippen molar-refractivity contribution in [1.82, 2.24) is 9.80 Å². The summed E-state index contributed by atoms with van der Waals surface area (Å²) in [5, 5.41) is 17.8. The number of aliphatic hydroxyl groups excluding tert-OH is 1. The van der Waals surface area contributed by atoms with E-state index in [1.807, 2.05) is 6.92 Å². The number of ether oxygens (including phenoxy) is 1. The van der Waals surface area contributed by atoms with Crippen LogP contribution in [0.2, 0.25) is 0 Å². The molecule has 0 aromatic carbocycles. The first-order valence-electron chi connectivity index (χ1n) is 6.08. The molecule has 1 aliphatic rings. The van der Waals surface area contributed by atoms with Gasteiger partial charge in [-0.1, -0.05) is 0 Å². The average Bonchev–Trinajstić information content (AvgIpc) is 2.39. The number of amides is 2. The molecule has 2 N–H and O–H groups in total. The molecule has 1 heterocycles. The zero-order valence-electron chi connectivity index (χ0n) is 10.5. The fraction of sp³-hybridized carbons (Fsp3) is 0.818. The first kappa shape index (κ1) is 14.7. The highest BCUT2D eigenvalue weighted by Crippen LogP contribution is 2.11. The van der Waals surface area contributed by atoms with Gasteiger partial charge in [0, 0.05) is 26.2 Å². The molecule has 0 aliphatic carbocycles. The van der Waals surface area contributed by atoms with E-state index in [1.165, 1.54) is 9.80 Å². The first-order chi connectivity index (χ1) is 8.61. The van der Waals surface area contributed by atoms with E-state index in [2.05, 4.69) is 0 Å². The summed E-state index contributed by atoms with van der Waals surface area (Å²) in [4.78, 5) is 26.1. The van der Waals surface area contributed by atoms with E-state index in [9.17, 15) is 9.59 Å². The Balaban J connectivity index is 2.68. The van der Waals surface area contributed by atoms with Crippen LogP contribution in [-0.4, -0.2) is 77.5 Å². The van der Waals surface area contributed by atoms with Gasteiger partial charge in [-0.15, -0.1) is 0 Å². The van der Waals surface area contributed by atoms with Crippen molar-refractivity contribution in [2.45, 2.75) is 19.4 Å². The lowest BCUT2D eigenvalue weighted by Gasteiger charge is -2.36. The molecule has 7 nitrogen and oxygen atoms in total. The van der Waals surface area contributed by atoms with Crippen LogP contribution in [0.4, 0.5) is 4.79 Å². The Morgan fingerprint density at radius 2 is 2.22 bits per heavy atom. The van der Waals surface area contributed by atoms with Gasteiger partial charge in [0.1, 0.15) is 0 Å². The van der Waals surface area contributed by atoms with Crippen molar-refractivity contribution in [2.24, 2.45) is 0 Å². The minimum absolute atomic E-state index is 0.00918. The number of hydrogen-bond donors (Lipinski definition) is 2. The minimum atomic E-state index is -1.05. The summed E-state index contributed by atoms with van der Waals surface area (Å²) in [6.07, 6.45) is 0.488. The fourth-order valence-electron chi connectivity index (χ4n) is 1.87. The summed E-state index contributed by atoms with van der Waals surface area (Å²) in [6.45, 7) is 3.41. The van der Waals surface area contributed by atoms with Gasteiger partial charge in [-0.2, -0.15) is 0 Å². The van der Waals surface area contributed by atoms with Crippen molar-refractivity contribution in [3.8, 4) is 0 Å². The van der Waals surface area contributed by atoms with Crippen LogP contribution >= 0.6 is 0 Å². The lowest BCUT2D eigenvalue weighted by Crippen LogP contribution is -2.56. The van der Waals surface area contributed by atoms with Crippen molar-refractivity contribution in [3.05, 3.63) is 0 Å². The van der Waals surface area contributed by atoms with Crippen molar-refractivity contribution >= 4 is 12.0 Å². The second-order valence-corrected chi connectivity index (χ2v) is 4.06. The molecule has 0 aromatic rings. The summed E-state index contributed by atoms with van der Waals surface area (Å²) >= 11 is 0. The SMILES string of the molecule is CCN(CCCO)C(=O)N1CCOCC1C(=O)O. The van der Waals surface area contributed by atoms with Crippen LogP contribution in [0.25, 0.3) is 0 Å². The molecular formula is C11H20N2O5. The van der Waals surface area contributed by atoms with Crippen LogP contribution in [-0.2, 0) is 9.53 Å². The number of hydrogen-bond acceptors (Lipinski definition) is 4. The van der Waals surface area contributed by atoms with Crippen molar-refractivity contribution < 1.29 is 24.5 Å².